The zero-order chi connectivity index (χ0) is 10.3. The maximum atomic E-state index is 5.42. The first-order chi connectivity index (χ1) is 7.45. The lowest BCUT2D eigenvalue weighted by molar-refractivity contribution is 0.139. The van der Waals surface area contributed by atoms with E-state index >= 15 is 0 Å². The number of rotatable bonds is 6. The molecule has 0 unspecified atom stereocenters. The van der Waals surface area contributed by atoms with Crippen LogP contribution in [0, 0.1) is 0 Å². The fraction of sp³-hybridized carbons (Fsp3) is 0.500. The molecule has 15 heavy (non-hydrogen) atoms. The van der Waals surface area contributed by atoms with Gasteiger partial charge in [0.05, 0.1) is 24.6 Å². The largest absolute Gasteiger partial charge is 0.381 e. The van der Waals surface area contributed by atoms with Crippen LogP contribution in [0.4, 0.5) is 0 Å². The lowest BCUT2D eigenvalue weighted by Gasteiger charge is -1.99. The predicted molar refractivity (Wildman–Crippen MR) is 51.0 cm³/mol. The summed E-state index contributed by atoms with van der Waals surface area (Å²) in [6.07, 6.45) is 5.08. The average Bonchev–Trinajstić information content (AvgIpc) is 2.88. The lowest BCUT2D eigenvalue weighted by Crippen LogP contribution is -2.03. The number of aromatic nitrogens is 6. The Balaban J connectivity index is 1.56. The zero-order valence-corrected chi connectivity index (χ0v) is 8.18. The molecule has 7 heteroatoms. The van der Waals surface area contributed by atoms with E-state index in [0.29, 0.717) is 13.2 Å². The minimum atomic E-state index is 0.643. The molecule has 7 nitrogen and oxygen atoms in total. The second-order valence-electron chi connectivity index (χ2n) is 3.04. The van der Waals surface area contributed by atoms with Crippen molar-refractivity contribution < 1.29 is 4.74 Å². The summed E-state index contributed by atoms with van der Waals surface area (Å²) in [5.41, 5.74) is 1.83. The second-order valence-corrected chi connectivity index (χ2v) is 3.04. The molecule has 0 atom stereocenters. The molecule has 0 saturated heterocycles. The van der Waals surface area contributed by atoms with Gasteiger partial charge in [0.15, 0.2) is 0 Å². The van der Waals surface area contributed by atoms with Crippen molar-refractivity contribution in [1.29, 1.82) is 0 Å². The van der Waals surface area contributed by atoms with E-state index < -0.39 is 0 Å². The Hall–Kier alpha value is -1.76. The summed E-state index contributed by atoms with van der Waals surface area (Å²) in [6.45, 7) is 1.29. The molecule has 0 aliphatic heterocycles. The van der Waals surface area contributed by atoms with Crippen LogP contribution in [-0.4, -0.2) is 44.0 Å². The predicted octanol–water partition coefficient (Wildman–Crippen LogP) is -0.275. The van der Waals surface area contributed by atoms with Gasteiger partial charge in [0, 0.05) is 25.2 Å². The Labute approximate surface area is 86.2 Å². The molecule has 0 fully saturated rings. The number of H-pyrrole nitrogens is 2. The smallest absolute Gasteiger partial charge is 0.0847 e. The first-order valence-corrected chi connectivity index (χ1v) is 4.73. The van der Waals surface area contributed by atoms with Gasteiger partial charge in [0.2, 0.25) is 0 Å². The summed E-state index contributed by atoms with van der Waals surface area (Å²) in [5, 5.41) is 20.2. The molecule has 2 heterocycles. The van der Waals surface area contributed by atoms with Crippen molar-refractivity contribution in [1.82, 2.24) is 30.8 Å². The van der Waals surface area contributed by atoms with E-state index in [1.807, 2.05) is 0 Å². The van der Waals surface area contributed by atoms with Gasteiger partial charge in [-0.3, -0.25) is 10.2 Å². The zero-order valence-electron chi connectivity index (χ0n) is 8.18. The van der Waals surface area contributed by atoms with E-state index in [1.165, 1.54) is 0 Å². The van der Waals surface area contributed by atoms with E-state index in [9.17, 15) is 0 Å². The Bertz CT molecular complexity index is 320. The maximum absolute atomic E-state index is 5.42. The third-order valence-corrected chi connectivity index (χ3v) is 1.94. The van der Waals surface area contributed by atoms with E-state index in [4.69, 9.17) is 4.74 Å². The summed E-state index contributed by atoms with van der Waals surface area (Å²) in [4.78, 5) is 0. The fourth-order valence-electron chi connectivity index (χ4n) is 1.15. The minimum Gasteiger partial charge on any atom is -0.381 e. The third-order valence-electron chi connectivity index (χ3n) is 1.94. The Morgan fingerprint density at radius 1 is 0.933 bits per heavy atom. The first kappa shape index (κ1) is 9.78. The number of ether oxygens (including phenoxy) is 1. The van der Waals surface area contributed by atoms with Crippen molar-refractivity contribution in [3.05, 3.63) is 23.8 Å². The Morgan fingerprint density at radius 2 is 1.47 bits per heavy atom. The monoisotopic (exact) mass is 208 g/mol. The highest BCUT2D eigenvalue weighted by atomic mass is 16.5. The molecule has 0 saturated carbocycles. The van der Waals surface area contributed by atoms with Crippen molar-refractivity contribution in [3.63, 3.8) is 0 Å². The SMILES string of the molecule is c1[nH]nnc1CCOCCc1c[nH]nn1. The van der Waals surface area contributed by atoms with E-state index in [1.54, 1.807) is 12.4 Å². The third kappa shape index (κ3) is 3.13. The highest BCUT2D eigenvalue weighted by Gasteiger charge is 1.98. The highest BCUT2D eigenvalue weighted by Crippen LogP contribution is 1.94. The van der Waals surface area contributed by atoms with Crippen LogP contribution in [0.5, 0.6) is 0 Å². The highest BCUT2D eigenvalue weighted by molar-refractivity contribution is 4.91. The van der Waals surface area contributed by atoms with E-state index in [0.717, 1.165) is 24.2 Å². The van der Waals surface area contributed by atoms with Crippen LogP contribution in [0.15, 0.2) is 12.4 Å². The quantitative estimate of drug-likeness (QED) is 0.637. The molecular formula is C8H12N6O. The van der Waals surface area contributed by atoms with E-state index in [-0.39, 0.29) is 0 Å². The number of aromatic amines is 2. The Kier molecular flexibility index (Phi) is 3.39. The summed E-state index contributed by atoms with van der Waals surface area (Å²) < 4.78 is 5.42. The number of hydrogen-bond acceptors (Lipinski definition) is 5. The van der Waals surface area contributed by atoms with Gasteiger partial charge in [0.1, 0.15) is 0 Å². The van der Waals surface area contributed by atoms with Crippen LogP contribution in [-0.2, 0) is 17.6 Å². The molecule has 2 rings (SSSR count). The number of nitrogens with zero attached hydrogens (tertiary/aromatic N) is 4. The summed E-state index contributed by atoms with van der Waals surface area (Å²) in [6, 6.07) is 0. The van der Waals surface area contributed by atoms with Gasteiger partial charge in [-0.05, 0) is 0 Å². The van der Waals surface area contributed by atoms with Gasteiger partial charge in [-0.1, -0.05) is 10.4 Å². The standard InChI is InChI=1S/C8H12N6O/c1(7-5-9-13-11-7)3-15-4-2-8-6-10-14-12-8/h5-6H,1-4H2,(H,9,11,13)(H,10,12,14). The molecule has 0 radical (unpaired) electrons. The van der Waals surface area contributed by atoms with Gasteiger partial charge >= 0.3 is 0 Å². The molecule has 0 bridgehead atoms. The van der Waals surface area contributed by atoms with Gasteiger partial charge in [0.25, 0.3) is 0 Å². The first-order valence-electron chi connectivity index (χ1n) is 4.73. The molecule has 2 aromatic heterocycles. The normalized spacial score (nSPS) is 10.7. The van der Waals surface area contributed by atoms with Gasteiger partial charge < -0.3 is 4.74 Å². The van der Waals surface area contributed by atoms with Crippen LogP contribution < -0.4 is 0 Å². The van der Waals surface area contributed by atoms with Crippen molar-refractivity contribution in [3.8, 4) is 0 Å². The lowest BCUT2D eigenvalue weighted by atomic mass is 10.3. The summed E-state index contributed by atoms with van der Waals surface area (Å²) >= 11 is 0. The molecule has 2 N–H and O–H groups in total. The van der Waals surface area contributed by atoms with E-state index in [2.05, 4.69) is 30.8 Å². The maximum Gasteiger partial charge on any atom is 0.0847 e. The fourth-order valence-corrected chi connectivity index (χ4v) is 1.15. The molecule has 0 spiro atoms. The van der Waals surface area contributed by atoms with Gasteiger partial charge in [-0.25, -0.2) is 0 Å². The van der Waals surface area contributed by atoms with Crippen LogP contribution >= 0.6 is 0 Å². The van der Waals surface area contributed by atoms with Gasteiger partial charge in [-0.15, -0.1) is 10.2 Å². The molecule has 0 amide bonds. The summed E-state index contributed by atoms with van der Waals surface area (Å²) in [5.74, 6) is 0. The van der Waals surface area contributed by atoms with Crippen molar-refractivity contribution in [2.24, 2.45) is 0 Å². The van der Waals surface area contributed by atoms with Crippen molar-refractivity contribution in [2.75, 3.05) is 13.2 Å². The molecule has 80 valence electrons. The van der Waals surface area contributed by atoms with Crippen LogP contribution in [0.2, 0.25) is 0 Å². The average molecular weight is 208 g/mol. The second kappa shape index (κ2) is 5.20. The number of nitrogens with one attached hydrogen (secondary N) is 2. The molecule has 2 aromatic rings. The summed E-state index contributed by atoms with van der Waals surface area (Å²) in [7, 11) is 0. The molecular weight excluding hydrogens is 196 g/mol. The van der Waals surface area contributed by atoms with Crippen molar-refractivity contribution in [2.45, 2.75) is 12.8 Å². The van der Waals surface area contributed by atoms with Gasteiger partial charge in [-0.2, -0.15) is 0 Å². The molecule has 0 aliphatic rings. The van der Waals surface area contributed by atoms with Crippen LogP contribution in [0.25, 0.3) is 0 Å². The molecule has 0 aliphatic carbocycles. The van der Waals surface area contributed by atoms with Crippen LogP contribution in [0.3, 0.4) is 0 Å². The van der Waals surface area contributed by atoms with Crippen molar-refractivity contribution >= 4 is 0 Å². The Morgan fingerprint density at radius 3 is 1.87 bits per heavy atom. The van der Waals surface area contributed by atoms with Crippen LogP contribution in [0.1, 0.15) is 11.4 Å². The molecule has 0 aromatic carbocycles. The number of hydrogen-bond donors (Lipinski definition) is 2. The minimum absolute atomic E-state index is 0.643. The topological polar surface area (TPSA) is 92.4 Å².